The summed E-state index contributed by atoms with van der Waals surface area (Å²) in [5, 5.41) is 14.5. The number of morpholine rings is 1. The van der Waals surface area contributed by atoms with Crippen molar-refractivity contribution in [3.63, 3.8) is 0 Å². The monoisotopic (exact) mass is 438 g/mol. The molecule has 1 aliphatic rings. The van der Waals surface area contributed by atoms with E-state index in [9.17, 15) is 14.9 Å². The molecule has 0 aliphatic carbocycles. The van der Waals surface area contributed by atoms with Gasteiger partial charge in [0, 0.05) is 41.4 Å². The molecule has 3 aromatic rings. The van der Waals surface area contributed by atoms with Gasteiger partial charge in [-0.3, -0.25) is 14.9 Å². The number of hydrogen-bond donors (Lipinski definition) is 1. The minimum absolute atomic E-state index is 0.150. The summed E-state index contributed by atoms with van der Waals surface area (Å²) in [6.07, 6.45) is 0.586. The van der Waals surface area contributed by atoms with Gasteiger partial charge in [-0.25, -0.2) is 0 Å². The summed E-state index contributed by atoms with van der Waals surface area (Å²) in [4.78, 5) is 38.0. The van der Waals surface area contributed by atoms with Gasteiger partial charge in [0.05, 0.1) is 18.1 Å². The maximum atomic E-state index is 11.5. The number of nitro groups is 1. The molecule has 1 aromatic heterocycles. The van der Waals surface area contributed by atoms with Crippen LogP contribution in [0.15, 0.2) is 58.6 Å². The second-order valence-electron chi connectivity index (χ2n) is 6.53. The van der Waals surface area contributed by atoms with E-state index in [0.29, 0.717) is 54.5 Å². The predicted molar refractivity (Wildman–Crippen MR) is 115 cm³/mol. The fourth-order valence-corrected chi connectivity index (χ4v) is 3.75. The first-order valence-electron chi connectivity index (χ1n) is 9.45. The van der Waals surface area contributed by atoms with Gasteiger partial charge in [-0.05, 0) is 30.0 Å². The zero-order valence-electron chi connectivity index (χ0n) is 16.3. The molecule has 0 saturated carbocycles. The highest BCUT2D eigenvalue weighted by Crippen LogP contribution is 2.31. The lowest BCUT2D eigenvalue weighted by Crippen LogP contribution is -2.37. The Morgan fingerprint density at radius 2 is 1.87 bits per heavy atom. The molecule has 1 N–H and O–H groups in total. The van der Waals surface area contributed by atoms with Crippen LogP contribution in [-0.2, 0) is 4.74 Å². The SMILES string of the molecule is O=Cc1cc([N+](=O)[O-])ccc1Sc1nc(Nc2ccccc2)nc(N2CCOCC2)n1. The number of non-ortho nitro benzene ring substituents is 1. The number of hydrogen-bond acceptors (Lipinski definition) is 10. The Morgan fingerprint density at radius 1 is 1.10 bits per heavy atom. The molecule has 10 nitrogen and oxygen atoms in total. The van der Waals surface area contributed by atoms with Crippen molar-refractivity contribution in [3.05, 3.63) is 64.2 Å². The molecule has 2 aromatic carbocycles. The number of aromatic nitrogens is 3. The Labute approximate surface area is 181 Å². The molecule has 2 heterocycles. The number of para-hydroxylation sites is 1. The molecular formula is C20H18N6O4S. The highest BCUT2D eigenvalue weighted by Gasteiger charge is 2.19. The van der Waals surface area contributed by atoms with Crippen LogP contribution in [0.25, 0.3) is 0 Å². The summed E-state index contributed by atoms with van der Waals surface area (Å²) in [7, 11) is 0. The minimum atomic E-state index is -0.539. The van der Waals surface area contributed by atoms with Gasteiger partial charge in [0.25, 0.3) is 5.69 Å². The molecule has 1 saturated heterocycles. The normalized spacial score (nSPS) is 13.6. The summed E-state index contributed by atoms with van der Waals surface area (Å²) in [6, 6.07) is 13.6. The third kappa shape index (κ3) is 5.13. The lowest BCUT2D eigenvalue weighted by Gasteiger charge is -2.27. The average molecular weight is 438 g/mol. The van der Waals surface area contributed by atoms with Gasteiger partial charge in [-0.1, -0.05) is 18.2 Å². The van der Waals surface area contributed by atoms with Gasteiger partial charge in [-0.15, -0.1) is 0 Å². The van der Waals surface area contributed by atoms with Crippen molar-refractivity contribution >= 4 is 41.3 Å². The molecule has 0 amide bonds. The number of nitro benzene ring substituents is 1. The lowest BCUT2D eigenvalue weighted by molar-refractivity contribution is -0.384. The fraction of sp³-hybridized carbons (Fsp3) is 0.200. The molecule has 0 unspecified atom stereocenters. The van der Waals surface area contributed by atoms with Crippen LogP contribution >= 0.6 is 11.8 Å². The van der Waals surface area contributed by atoms with Crippen LogP contribution in [0.3, 0.4) is 0 Å². The first kappa shape index (κ1) is 20.7. The van der Waals surface area contributed by atoms with Crippen LogP contribution in [0.4, 0.5) is 23.3 Å². The van der Waals surface area contributed by atoms with Gasteiger partial charge in [-0.2, -0.15) is 15.0 Å². The molecule has 4 rings (SSSR count). The number of benzene rings is 2. The summed E-state index contributed by atoms with van der Waals surface area (Å²) in [6.45, 7) is 2.45. The standard InChI is InChI=1S/C20H18N6O4S/c27-13-14-12-16(26(28)29)6-7-17(14)31-20-23-18(21-15-4-2-1-3-5-15)22-19(24-20)25-8-10-30-11-9-25/h1-7,12-13H,8-11H2,(H,21,22,23,24). The van der Waals surface area contributed by atoms with Crippen LogP contribution in [-0.4, -0.2) is 52.5 Å². The summed E-state index contributed by atoms with van der Waals surface area (Å²) < 4.78 is 5.41. The number of carbonyl (C=O) groups is 1. The predicted octanol–water partition coefficient (Wildman–Crippen LogP) is 3.32. The molecule has 0 radical (unpaired) electrons. The van der Waals surface area contributed by atoms with Crippen LogP contribution in [0, 0.1) is 10.1 Å². The second kappa shape index (κ2) is 9.49. The number of aldehydes is 1. The smallest absolute Gasteiger partial charge is 0.270 e. The Bertz CT molecular complexity index is 1090. The third-order valence-electron chi connectivity index (χ3n) is 4.46. The molecule has 1 fully saturated rings. The second-order valence-corrected chi connectivity index (χ2v) is 7.54. The molecule has 31 heavy (non-hydrogen) atoms. The molecule has 1 aliphatic heterocycles. The molecule has 0 spiro atoms. The van der Waals surface area contributed by atoms with E-state index in [1.807, 2.05) is 35.2 Å². The van der Waals surface area contributed by atoms with E-state index >= 15 is 0 Å². The van der Waals surface area contributed by atoms with Crippen LogP contribution in [0.1, 0.15) is 10.4 Å². The number of anilines is 3. The number of nitrogens with zero attached hydrogens (tertiary/aromatic N) is 5. The van der Waals surface area contributed by atoms with E-state index in [0.717, 1.165) is 17.4 Å². The largest absolute Gasteiger partial charge is 0.378 e. The quantitative estimate of drug-likeness (QED) is 0.334. The van der Waals surface area contributed by atoms with Crippen molar-refractivity contribution in [2.75, 3.05) is 36.5 Å². The maximum absolute atomic E-state index is 11.5. The van der Waals surface area contributed by atoms with E-state index in [1.165, 1.54) is 18.2 Å². The van der Waals surface area contributed by atoms with Crippen LogP contribution in [0.2, 0.25) is 0 Å². The summed E-state index contributed by atoms with van der Waals surface area (Å²) >= 11 is 1.15. The van der Waals surface area contributed by atoms with E-state index in [4.69, 9.17) is 4.74 Å². The topological polar surface area (TPSA) is 123 Å². The van der Waals surface area contributed by atoms with Gasteiger partial charge in [0.1, 0.15) is 0 Å². The highest BCUT2D eigenvalue weighted by atomic mass is 32.2. The first-order chi connectivity index (χ1) is 15.1. The van der Waals surface area contributed by atoms with Crippen LogP contribution < -0.4 is 10.2 Å². The van der Waals surface area contributed by atoms with Gasteiger partial charge in [0.15, 0.2) is 11.4 Å². The van der Waals surface area contributed by atoms with Gasteiger partial charge < -0.3 is 15.0 Å². The molecular weight excluding hydrogens is 420 g/mol. The maximum Gasteiger partial charge on any atom is 0.270 e. The molecule has 158 valence electrons. The Balaban J connectivity index is 1.68. The zero-order chi connectivity index (χ0) is 21.6. The number of nitrogens with one attached hydrogen (secondary N) is 1. The van der Waals surface area contributed by atoms with Crippen molar-refractivity contribution in [3.8, 4) is 0 Å². The Kier molecular flexibility index (Phi) is 6.34. The molecule has 0 bridgehead atoms. The highest BCUT2D eigenvalue weighted by molar-refractivity contribution is 7.99. The average Bonchev–Trinajstić information content (AvgIpc) is 2.80. The summed E-state index contributed by atoms with van der Waals surface area (Å²) in [5.41, 5.74) is 0.870. The molecule has 11 heteroatoms. The number of rotatable bonds is 7. The first-order valence-corrected chi connectivity index (χ1v) is 10.3. The van der Waals surface area contributed by atoms with Gasteiger partial charge in [0.2, 0.25) is 11.9 Å². The van der Waals surface area contributed by atoms with E-state index in [2.05, 4.69) is 20.3 Å². The fourth-order valence-electron chi connectivity index (χ4n) is 2.94. The number of ether oxygens (including phenoxy) is 1. The van der Waals surface area contributed by atoms with E-state index in [-0.39, 0.29) is 11.3 Å². The van der Waals surface area contributed by atoms with Gasteiger partial charge >= 0.3 is 0 Å². The van der Waals surface area contributed by atoms with Crippen molar-refractivity contribution in [1.29, 1.82) is 0 Å². The van der Waals surface area contributed by atoms with E-state index < -0.39 is 4.92 Å². The van der Waals surface area contributed by atoms with Crippen molar-refractivity contribution < 1.29 is 14.5 Å². The minimum Gasteiger partial charge on any atom is -0.378 e. The van der Waals surface area contributed by atoms with E-state index in [1.54, 1.807) is 0 Å². The summed E-state index contributed by atoms with van der Waals surface area (Å²) in [5.74, 6) is 0.855. The Morgan fingerprint density at radius 3 is 2.58 bits per heavy atom. The lowest BCUT2D eigenvalue weighted by atomic mass is 10.2. The Hall–Kier alpha value is -3.57. The third-order valence-corrected chi connectivity index (χ3v) is 5.42. The zero-order valence-corrected chi connectivity index (χ0v) is 17.1. The van der Waals surface area contributed by atoms with Crippen molar-refractivity contribution in [1.82, 2.24) is 15.0 Å². The van der Waals surface area contributed by atoms with Crippen LogP contribution in [0.5, 0.6) is 0 Å². The molecule has 0 atom stereocenters. The van der Waals surface area contributed by atoms with Crippen molar-refractivity contribution in [2.45, 2.75) is 10.1 Å². The number of carbonyl (C=O) groups excluding carboxylic acids is 1. The van der Waals surface area contributed by atoms with Crippen molar-refractivity contribution in [2.24, 2.45) is 0 Å².